The first kappa shape index (κ1) is 14.4. The van der Waals surface area contributed by atoms with Crippen molar-refractivity contribution in [3.05, 3.63) is 79.0 Å². The summed E-state index contributed by atoms with van der Waals surface area (Å²) in [6.07, 6.45) is 8.23. The number of hydrogen-bond acceptors (Lipinski definition) is 4. The first-order valence-electron chi connectivity index (χ1n) is 7.91. The molecular formula is C19H17N5. The molecule has 0 bridgehead atoms. The van der Waals surface area contributed by atoms with E-state index < -0.39 is 0 Å². The molecule has 0 fully saturated rings. The summed E-state index contributed by atoms with van der Waals surface area (Å²) in [5.41, 5.74) is 4.38. The van der Waals surface area contributed by atoms with Crippen molar-refractivity contribution in [3.63, 3.8) is 0 Å². The van der Waals surface area contributed by atoms with E-state index in [0.717, 1.165) is 35.5 Å². The van der Waals surface area contributed by atoms with Crippen molar-refractivity contribution in [2.24, 2.45) is 0 Å². The van der Waals surface area contributed by atoms with E-state index in [0.29, 0.717) is 0 Å². The van der Waals surface area contributed by atoms with Crippen LogP contribution in [0.2, 0.25) is 0 Å². The fourth-order valence-corrected chi connectivity index (χ4v) is 2.72. The average Bonchev–Trinajstić information content (AvgIpc) is 3.07. The van der Waals surface area contributed by atoms with Crippen LogP contribution in [0.3, 0.4) is 0 Å². The minimum absolute atomic E-state index is 0.825. The molecule has 0 aliphatic carbocycles. The van der Waals surface area contributed by atoms with Crippen LogP contribution in [0.4, 0.5) is 5.82 Å². The van der Waals surface area contributed by atoms with Crippen LogP contribution in [0.15, 0.2) is 73.4 Å². The molecule has 3 aromatic heterocycles. The molecule has 0 radical (unpaired) electrons. The van der Waals surface area contributed by atoms with Gasteiger partial charge in [0.25, 0.3) is 0 Å². The van der Waals surface area contributed by atoms with E-state index in [2.05, 4.69) is 30.9 Å². The molecule has 0 amide bonds. The molecular weight excluding hydrogens is 298 g/mol. The molecule has 0 spiro atoms. The van der Waals surface area contributed by atoms with Crippen molar-refractivity contribution < 1.29 is 0 Å². The Morgan fingerprint density at radius 2 is 1.79 bits per heavy atom. The molecule has 24 heavy (non-hydrogen) atoms. The van der Waals surface area contributed by atoms with Gasteiger partial charge in [-0.15, -0.1) is 0 Å². The van der Waals surface area contributed by atoms with Crippen LogP contribution in [-0.2, 0) is 6.42 Å². The van der Waals surface area contributed by atoms with E-state index in [1.165, 1.54) is 5.56 Å². The summed E-state index contributed by atoms with van der Waals surface area (Å²) in [4.78, 5) is 12.9. The first-order chi connectivity index (χ1) is 11.9. The summed E-state index contributed by atoms with van der Waals surface area (Å²) < 4.78 is 2.07. The number of hydrogen-bond donors (Lipinski definition) is 1. The number of imidazole rings is 1. The van der Waals surface area contributed by atoms with E-state index >= 15 is 0 Å². The monoisotopic (exact) mass is 315 g/mol. The highest BCUT2D eigenvalue weighted by molar-refractivity contribution is 5.77. The van der Waals surface area contributed by atoms with Gasteiger partial charge in [0.1, 0.15) is 12.1 Å². The fourth-order valence-electron chi connectivity index (χ4n) is 2.72. The molecule has 1 N–H and O–H groups in total. The summed E-state index contributed by atoms with van der Waals surface area (Å²) in [5, 5.41) is 3.38. The van der Waals surface area contributed by atoms with Crippen molar-refractivity contribution >= 4 is 16.9 Å². The van der Waals surface area contributed by atoms with Crippen molar-refractivity contribution in [2.75, 3.05) is 11.9 Å². The molecule has 5 nitrogen and oxygen atoms in total. The SMILES string of the molecule is c1ccc2c(c1)ncn2-c1ccnc(NCCc2ccncc2)c1. The van der Waals surface area contributed by atoms with Gasteiger partial charge >= 0.3 is 0 Å². The number of nitrogens with zero attached hydrogens (tertiary/aromatic N) is 4. The molecule has 1 aromatic carbocycles. The van der Waals surface area contributed by atoms with E-state index in [1.807, 2.05) is 67.4 Å². The predicted molar refractivity (Wildman–Crippen MR) is 95.3 cm³/mol. The Bertz CT molecular complexity index is 946. The fraction of sp³-hybridized carbons (Fsp3) is 0.105. The second kappa shape index (κ2) is 6.50. The van der Waals surface area contributed by atoms with Gasteiger partial charge in [-0.25, -0.2) is 9.97 Å². The third-order valence-corrected chi connectivity index (χ3v) is 3.94. The highest BCUT2D eigenvalue weighted by atomic mass is 15.1. The lowest BCUT2D eigenvalue weighted by Crippen LogP contribution is -2.07. The average molecular weight is 315 g/mol. The largest absolute Gasteiger partial charge is 0.370 e. The van der Waals surface area contributed by atoms with Crippen LogP contribution in [0.5, 0.6) is 0 Å². The lowest BCUT2D eigenvalue weighted by atomic mass is 10.2. The quantitative estimate of drug-likeness (QED) is 0.613. The number of rotatable bonds is 5. The van der Waals surface area contributed by atoms with Gasteiger partial charge in [-0.05, 0) is 42.3 Å². The van der Waals surface area contributed by atoms with Gasteiger partial charge in [-0.2, -0.15) is 0 Å². The van der Waals surface area contributed by atoms with Crippen LogP contribution in [0, 0.1) is 0 Å². The molecule has 0 saturated carbocycles. The van der Waals surface area contributed by atoms with E-state index in [4.69, 9.17) is 0 Å². The third kappa shape index (κ3) is 2.96. The van der Waals surface area contributed by atoms with Crippen LogP contribution in [0.25, 0.3) is 16.7 Å². The number of aromatic nitrogens is 4. The Balaban J connectivity index is 1.51. The number of nitrogens with one attached hydrogen (secondary N) is 1. The van der Waals surface area contributed by atoms with Crippen molar-refractivity contribution in [1.29, 1.82) is 0 Å². The number of fused-ring (bicyclic) bond motifs is 1. The normalized spacial score (nSPS) is 10.8. The molecule has 4 rings (SSSR count). The van der Waals surface area contributed by atoms with Gasteiger partial charge in [-0.3, -0.25) is 9.55 Å². The van der Waals surface area contributed by atoms with Crippen LogP contribution in [0.1, 0.15) is 5.56 Å². The second-order valence-electron chi connectivity index (χ2n) is 5.53. The van der Waals surface area contributed by atoms with Crippen LogP contribution >= 0.6 is 0 Å². The summed E-state index contributed by atoms with van der Waals surface area (Å²) in [7, 11) is 0. The number of pyridine rings is 2. The molecule has 4 aromatic rings. The maximum absolute atomic E-state index is 4.44. The Labute approximate surface area is 140 Å². The molecule has 3 heterocycles. The Hall–Kier alpha value is -3.21. The highest BCUT2D eigenvalue weighted by Crippen LogP contribution is 2.19. The zero-order valence-corrected chi connectivity index (χ0v) is 13.1. The molecule has 0 saturated heterocycles. The molecule has 0 aliphatic rings. The first-order valence-corrected chi connectivity index (χ1v) is 7.91. The van der Waals surface area contributed by atoms with Gasteiger partial charge in [0, 0.05) is 31.2 Å². The minimum Gasteiger partial charge on any atom is -0.370 e. The zero-order chi connectivity index (χ0) is 16.2. The molecule has 5 heteroatoms. The predicted octanol–water partition coefficient (Wildman–Crippen LogP) is 3.47. The van der Waals surface area contributed by atoms with Crippen molar-refractivity contribution in [2.45, 2.75) is 6.42 Å². The molecule has 0 unspecified atom stereocenters. The van der Waals surface area contributed by atoms with Crippen molar-refractivity contribution in [3.8, 4) is 5.69 Å². The smallest absolute Gasteiger partial charge is 0.127 e. The van der Waals surface area contributed by atoms with E-state index in [9.17, 15) is 0 Å². The summed E-state index contributed by atoms with van der Waals surface area (Å²) in [6, 6.07) is 16.2. The molecule has 0 aliphatic heterocycles. The lowest BCUT2D eigenvalue weighted by molar-refractivity contribution is 0.995. The maximum atomic E-state index is 4.44. The van der Waals surface area contributed by atoms with Gasteiger partial charge < -0.3 is 5.32 Å². The maximum Gasteiger partial charge on any atom is 0.127 e. The summed E-state index contributed by atoms with van der Waals surface area (Å²) in [6.45, 7) is 0.825. The van der Waals surface area contributed by atoms with Crippen LogP contribution < -0.4 is 5.32 Å². The van der Waals surface area contributed by atoms with E-state index in [-0.39, 0.29) is 0 Å². The highest BCUT2D eigenvalue weighted by Gasteiger charge is 2.05. The topological polar surface area (TPSA) is 55.6 Å². The Morgan fingerprint density at radius 3 is 2.71 bits per heavy atom. The summed E-state index contributed by atoms with van der Waals surface area (Å²) in [5.74, 6) is 0.860. The Morgan fingerprint density at radius 1 is 0.917 bits per heavy atom. The number of benzene rings is 1. The van der Waals surface area contributed by atoms with Gasteiger partial charge in [0.05, 0.1) is 16.7 Å². The standard InChI is InChI=1S/C19H17N5/c1-2-4-18-17(3-1)23-14-24(18)16-8-12-22-19(13-16)21-11-7-15-5-9-20-10-6-15/h1-6,8-10,12-14H,7,11H2,(H,21,22). The lowest BCUT2D eigenvalue weighted by Gasteiger charge is -2.09. The second-order valence-corrected chi connectivity index (χ2v) is 5.53. The van der Waals surface area contributed by atoms with Crippen molar-refractivity contribution in [1.82, 2.24) is 19.5 Å². The van der Waals surface area contributed by atoms with E-state index in [1.54, 1.807) is 0 Å². The zero-order valence-electron chi connectivity index (χ0n) is 13.1. The van der Waals surface area contributed by atoms with Crippen LogP contribution in [-0.4, -0.2) is 26.1 Å². The number of anilines is 1. The minimum atomic E-state index is 0.825. The van der Waals surface area contributed by atoms with Gasteiger partial charge in [0.15, 0.2) is 0 Å². The van der Waals surface area contributed by atoms with Gasteiger partial charge in [-0.1, -0.05) is 12.1 Å². The van der Waals surface area contributed by atoms with Gasteiger partial charge in [0.2, 0.25) is 0 Å². The molecule has 118 valence electrons. The third-order valence-electron chi connectivity index (χ3n) is 3.94. The Kier molecular flexibility index (Phi) is 3.90. The molecule has 0 atom stereocenters. The summed E-state index contributed by atoms with van der Waals surface area (Å²) >= 11 is 0. The number of para-hydroxylation sites is 2.